The molecule has 19 heavy (non-hydrogen) atoms. The van der Waals surface area contributed by atoms with Crippen LogP contribution in [0.15, 0.2) is 0 Å². The molecule has 0 atom stereocenters. The summed E-state index contributed by atoms with van der Waals surface area (Å²) in [6, 6.07) is 0.183. The van der Waals surface area contributed by atoms with Crippen LogP contribution in [0.3, 0.4) is 0 Å². The summed E-state index contributed by atoms with van der Waals surface area (Å²) in [5, 5.41) is 11.7. The molecule has 0 radical (unpaired) electrons. The van der Waals surface area contributed by atoms with Crippen LogP contribution in [0.2, 0.25) is 0 Å². The van der Waals surface area contributed by atoms with E-state index in [1.807, 2.05) is 18.7 Å². The Labute approximate surface area is 114 Å². The van der Waals surface area contributed by atoms with Gasteiger partial charge in [0.2, 0.25) is 5.91 Å². The lowest BCUT2D eigenvalue weighted by Crippen LogP contribution is -2.36. The van der Waals surface area contributed by atoms with Crippen LogP contribution in [0.1, 0.15) is 26.7 Å². The normalized spacial score (nSPS) is 18.3. The molecule has 0 aromatic carbocycles. The molecule has 1 aliphatic heterocycles. The third kappa shape index (κ3) is 7.12. The Morgan fingerprint density at radius 2 is 1.79 bits per heavy atom. The molecule has 0 saturated carbocycles. The fourth-order valence-electron chi connectivity index (χ4n) is 2.25. The minimum absolute atomic E-state index is 0.0849. The molecule has 0 aromatic heterocycles. The Morgan fingerprint density at radius 1 is 1.16 bits per heavy atom. The summed E-state index contributed by atoms with van der Waals surface area (Å²) in [5.41, 5.74) is 0. The van der Waals surface area contributed by atoms with Crippen LogP contribution < -0.4 is 5.32 Å². The van der Waals surface area contributed by atoms with Crippen LogP contribution in [0, 0.1) is 0 Å². The molecule has 1 amide bonds. The summed E-state index contributed by atoms with van der Waals surface area (Å²) in [7, 11) is 0. The molecular weight excluding hydrogens is 246 g/mol. The van der Waals surface area contributed by atoms with E-state index in [4.69, 9.17) is 5.11 Å². The number of nitrogens with one attached hydrogen (secondary N) is 1. The van der Waals surface area contributed by atoms with Crippen molar-refractivity contribution >= 4 is 11.9 Å². The topological polar surface area (TPSA) is 72.9 Å². The van der Waals surface area contributed by atoms with Gasteiger partial charge < -0.3 is 15.3 Å². The number of carboxylic acids is 1. The second-order valence-corrected chi connectivity index (χ2v) is 5.34. The van der Waals surface area contributed by atoms with Gasteiger partial charge in [0.15, 0.2) is 0 Å². The van der Waals surface area contributed by atoms with Crippen molar-refractivity contribution in [3.63, 3.8) is 0 Å². The first-order valence-corrected chi connectivity index (χ1v) is 6.93. The Balaban J connectivity index is 2.25. The summed E-state index contributed by atoms with van der Waals surface area (Å²) in [5.74, 6) is -0.689. The van der Waals surface area contributed by atoms with Crippen LogP contribution in [0.25, 0.3) is 0 Å². The lowest BCUT2D eigenvalue weighted by Gasteiger charge is -2.20. The first-order chi connectivity index (χ1) is 8.97. The van der Waals surface area contributed by atoms with E-state index in [2.05, 4.69) is 10.2 Å². The van der Waals surface area contributed by atoms with Crippen LogP contribution >= 0.6 is 0 Å². The quantitative estimate of drug-likeness (QED) is 0.711. The van der Waals surface area contributed by atoms with Gasteiger partial charge in [-0.3, -0.25) is 14.5 Å². The molecule has 1 rings (SSSR count). The van der Waals surface area contributed by atoms with Gasteiger partial charge >= 0.3 is 5.97 Å². The van der Waals surface area contributed by atoms with E-state index in [1.165, 1.54) is 0 Å². The minimum atomic E-state index is -0.773. The van der Waals surface area contributed by atoms with Crippen molar-refractivity contribution in [2.24, 2.45) is 0 Å². The van der Waals surface area contributed by atoms with Gasteiger partial charge in [0.05, 0.1) is 6.54 Å². The van der Waals surface area contributed by atoms with Crippen LogP contribution in [0.4, 0.5) is 0 Å². The molecule has 0 unspecified atom stereocenters. The van der Waals surface area contributed by atoms with Crippen molar-refractivity contribution in [2.75, 3.05) is 39.3 Å². The number of carbonyl (C=O) groups is 2. The zero-order valence-electron chi connectivity index (χ0n) is 11.9. The Bertz CT molecular complexity index is 308. The van der Waals surface area contributed by atoms with Gasteiger partial charge in [0.25, 0.3) is 0 Å². The number of carboxylic acid groups (broad SMARTS) is 1. The second-order valence-electron chi connectivity index (χ2n) is 5.34. The number of nitrogens with zero attached hydrogens (tertiary/aromatic N) is 2. The highest BCUT2D eigenvalue weighted by Crippen LogP contribution is 2.03. The highest BCUT2D eigenvalue weighted by molar-refractivity contribution is 5.76. The molecule has 6 nitrogen and oxygen atoms in total. The maximum atomic E-state index is 11.6. The predicted molar refractivity (Wildman–Crippen MR) is 73.0 cm³/mol. The Kier molecular flexibility index (Phi) is 6.80. The number of rotatable bonds is 6. The average Bonchev–Trinajstić information content (AvgIpc) is 2.50. The molecular formula is C13H25N3O3. The Hall–Kier alpha value is -1.14. The maximum absolute atomic E-state index is 11.6. The molecule has 2 N–H and O–H groups in total. The minimum Gasteiger partial charge on any atom is -0.480 e. The monoisotopic (exact) mass is 271 g/mol. The predicted octanol–water partition coefficient (Wildman–Crippen LogP) is -0.00660. The van der Waals surface area contributed by atoms with Crippen molar-refractivity contribution in [2.45, 2.75) is 32.7 Å². The number of hydrogen-bond donors (Lipinski definition) is 2. The Morgan fingerprint density at radius 3 is 2.42 bits per heavy atom. The SMILES string of the molecule is CC(C)NC(=O)CCN1CCCN(CC(=O)O)CC1. The molecule has 1 aliphatic rings. The van der Waals surface area contributed by atoms with Crippen molar-refractivity contribution in [1.29, 1.82) is 0 Å². The van der Waals surface area contributed by atoms with Crippen LogP contribution in [-0.2, 0) is 9.59 Å². The van der Waals surface area contributed by atoms with E-state index in [0.717, 1.165) is 39.1 Å². The number of hydrogen-bond acceptors (Lipinski definition) is 4. The van der Waals surface area contributed by atoms with Gasteiger partial charge in [-0.15, -0.1) is 0 Å². The summed E-state index contributed by atoms with van der Waals surface area (Å²) >= 11 is 0. The van der Waals surface area contributed by atoms with Gasteiger partial charge in [-0.25, -0.2) is 0 Å². The van der Waals surface area contributed by atoms with Gasteiger partial charge in [0.1, 0.15) is 0 Å². The number of amides is 1. The van der Waals surface area contributed by atoms with Crippen molar-refractivity contribution in [1.82, 2.24) is 15.1 Å². The van der Waals surface area contributed by atoms with Gasteiger partial charge in [-0.05, 0) is 26.8 Å². The van der Waals surface area contributed by atoms with E-state index in [9.17, 15) is 9.59 Å². The third-order valence-corrected chi connectivity index (χ3v) is 3.14. The molecule has 0 bridgehead atoms. The van der Waals surface area contributed by atoms with E-state index in [0.29, 0.717) is 6.42 Å². The summed E-state index contributed by atoms with van der Waals surface area (Å²) < 4.78 is 0. The first kappa shape index (κ1) is 15.9. The van der Waals surface area contributed by atoms with E-state index in [-0.39, 0.29) is 18.5 Å². The number of carbonyl (C=O) groups excluding carboxylic acids is 1. The first-order valence-electron chi connectivity index (χ1n) is 6.93. The smallest absolute Gasteiger partial charge is 0.317 e. The molecule has 1 fully saturated rings. The maximum Gasteiger partial charge on any atom is 0.317 e. The molecule has 110 valence electrons. The molecule has 1 saturated heterocycles. The fourth-order valence-corrected chi connectivity index (χ4v) is 2.25. The summed E-state index contributed by atoms with van der Waals surface area (Å²) in [6.45, 7) is 8.12. The lowest BCUT2D eigenvalue weighted by molar-refractivity contribution is -0.138. The second kappa shape index (κ2) is 8.12. The van der Waals surface area contributed by atoms with Crippen molar-refractivity contribution in [3.8, 4) is 0 Å². The summed E-state index contributed by atoms with van der Waals surface area (Å²) in [6.07, 6.45) is 1.47. The van der Waals surface area contributed by atoms with E-state index in [1.54, 1.807) is 0 Å². The zero-order chi connectivity index (χ0) is 14.3. The molecule has 1 heterocycles. The lowest BCUT2D eigenvalue weighted by atomic mass is 10.3. The molecule has 0 spiro atoms. The van der Waals surface area contributed by atoms with Gasteiger partial charge in [-0.2, -0.15) is 0 Å². The van der Waals surface area contributed by atoms with Gasteiger partial charge in [0, 0.05) is 38.6 Å². The van der Waals surface area contributed by atoms with Crippen molar-refractivity contribution in [3.05, 3.63) is 0 Å². The van der Waals surface area contributed by atoms with Gasteiger partial charge in [-0.1, -0.05) is 0 Å². The number of aliphatic carboxylic acids is 1. The van der Waals surface area contributed by atoms with Crippen LogP contribution in [0.5, 0.6) is 0 Å². The third-order valence-electron chi connectivity index (χ3n) is 3.14. The zero-order valence-corrected chi connectivity index (χ0v) is 11.9. The summed E-state index contributed by atoms with van der Waals surface area (Å²) in [4.78, 5) is 26.4. The van der Waals surface area contributed by atoms with E-state index < -0.39 is 5.97 Å². The average molecular weight is 271 g/mol. The molecule has 0 aromatic rings. The standard InChI is InChI=1S/C13H25N3O3/c1-11(2)14-12(17)4-7-15-5-3-6-16(9-8-15)10-13(18)19/h11H,3-10H2,1-2H3,(H,14,17)(H,18,19). The fraction of sp³-hybridized carbons (Fsp3) is 0.846. The largest absolute Gasteiger partial charge is 0.480 e. The van der Waals surface area contributed by atoms with E-state index >= 15 is 0 Å². The van der Waals surface area contributed by atoms with Crippen LogP contribution in [-0.4, -0.2) is 72.1 Å². The van der Waals surface area contributed by atoms with Crippen molar-refractivity contribution < 1.29 is 14.7 Å². The molecule has 6 heteroatoms. The highest BCUT2D eigenvalue weighted by Gasteiger charge is 2.17. The highest BCUT2D eigenvalue weighted by atomic mass is 16.4. The molecule has 0 aliphatic carbocycles.